The normalized spacial score (nSPS) is 19.0. The lowest BCUT2D eigenvalue weighted by Gasteiger charge is -2.23. The van der Waals surface area contributed by atoms with Crippen molar-refractivity contribution >= 4 is 10.9 Å². The van der Waals surface area contributed by atoms with Gasteiger partial charge < -0.3 is 5.32 Å². The number of para-hydroxylation sites is 1. The van der Waals surface area contributed by atoms with E-state index in [0.717, 1.165) is 25.2 Å². The lowest BCUT2D eigenvalue weighted by atomic mass is 10.2. The summed E-state index contributed by atoms with van der Waals surface area (Å²) in [5.41, 5.74) is 2.27. The highest BCUT2D eigenvalue weighted by atomic mass is 15.2. The predicted octanol–water partition coefficient (Wildman–Crippen LogP) is 2.81. The molecule has 20 heavy (non-hydrogen) atoms. The van der Waals surface area contributed by atoms with Crippen molar-refractivity contribution < 1.29 is 0 Å². The molecule has 0 aliphatic carbocycles. The van der Waals surface area contributed by atoms with E-state index in [1.165, 1.54) is 30.5 Å². The van der Waals surface area contributed by atoms with Gasteiger partial charge in [0, 0.05) is 24.5 Å². The first-order valence-corrected chi connectivity index (χ1v) is 7.65. The van der Waals surface area contributed by atoms with Crippen LogP contribution in [0.5, 0.6) is 0 Å². The van der Waals surface area contributed by atoms with Gasteiger partial charge in [-0.2, -0.15) is 0 Å². The molecule has 0 bridgehead atoms. The summed E-state index contributed by atoms with van der Waals surface area (Å²) in [6.07, 6.45) is 2.62. The highest BCUT2D eigenvalue weighted by Crippen LogP contribution is 2.14. The van der Waals surface area contributed by atoms with Crippen molar-refractivity contribution in [3.8, 4) is 0 Å². The summed E-state index contributed by atoms with van der Waals surface area (Å²) in [5.74, 6) is 0. The van der Waals surface area contributed by atoms with Gasteiger partial charge in [0.1, 0.15) is 0 Å². The van der Waals surface area contributed by atoms with Crippen molar-refractivity contribution in [2.24, 2.45) is 0 Å². The second-order valence-corrected chi connectivity index (χ2v) is 5.62. The molecular formula is C17H23N3. The molecule has 1 aromatic heterocycles. The molecule has 0 saturated carbocycles. The molecular weight excluding hydrogens is 246 g/mol. The largest absolute Gasteiger partial charge is 0.313 e. The van der Waals surface area contributed by atoms with Crippen LogP contribution >= 0.6 is 0 Å². The molecule has 1 atom stereocenters. The van der Waals surface area contributed by atoms with Gasteiger partial charge in [0.25, 0.3) is 0 Å². The van der Waals surface area contributed by atoms with Crippen molar-refractivity contribution in [3.63, 3.8) is 0 Å². The Hall–Kier alpha value is -1.45. The van der Waals surface area contributed by atoms with Crippen LogP contribution < -0.4 is 5.32 Å². The van der Waals surface area contributed by atoms with Gasteiger partial charge in [0.15, 0.2) is 0 Å². The predicted molar refractivity (Wildman–Crippen MR) is 83.7 cm³/mol. The lowest BCUT2D eigenvalue weighted by molar-refractivity contribution is 0.251. The SMILES string of the molecule is CCN(Cc1ccc2ccccc2n1)CC1CCCN1. The Bertz CT molecular complexity index is 561. The monoisotopic (exact) mass is 269 g/mol. The van der Waals surface area contributed by atoms with Gasteiger partial charge in [0.2, 0.25) is 0 Å². The molecule has 1 aliphatic rings. The molecule has 0 radical (unpaired) electrons. The van der Waals surface area contributed by atoms with Crippen LogP contribution in [0.15, 0.2) is 36.4 Å². The Morgan fingerprint density at radius 1 is 1.25 bits per heavy atom. The van der Waals surface area contributed by atoms with Crippen LogP contribution in [-0.2, 0) is 6.54 Å². The van der Waals surface area contributed by atoms with E-state index in [-0.39, 0.29) is 0 Å². The fourth-order valence-corrected chi connectivity index (χ4v) is 2.96. The fourth-order valence-electron chi connectivity index (χ4n) is 2.96. The summed E-state index contributed by atoms with van der Waals surface area (Å²) in [6.45, 7) is 6.56. The molecule has 0 amide bonds. The van der Waals surface area contributed by atoms with Crippen LogP contribution in [0.4, 0.5) is 0 Å². The van der Waals surface area contributed by atoms with Crippen LogP contribution in [0, 0.1) is 0 Å². The van der Waals surface area contributed by atoms with Crippen molar-refractivity contribution in [3.05, 3.63) is 42.1 Å². The molecule has 1 aromatic carbocycles. The van der Waals surface area contributed by atoms with E-state index in [1.54, 1.807) is 0 Å². The van der Waals surface area contributed by atoms with Gasteiger partial charge in [-0.1, -0.05) is 31.2 Å². The molecule has 3 rings (SSSR count). The number of nitrogens with zero attached hydrogens (tertiary/aromatic N) is 2. The van der Waals surface area contributed by atoms with E-state index in [4.69, 9.17) is 4.98 Å². The van der Waals surface area contributed by atoms with E-state index in [2.05, 4.69) is 53.5 Å². The van der Waals surface area contributed by atoms with Gasteiger partial charge in [-0.05, 0) is 38.1 Å². The second-order valence-electron chi connectivity index (χ2n) is 5.62. The number of fused-ring (bicyclic) bond motifs is 1. The van der Waals surface area contributed by atoms with Crippen LogP contribution in [0.2, 0.25) is 0 Å². The molecule has 106 valence electrons. The smallest absolute Gasteiger partial charge is 0.0705 e. The molecule has 1 fully saturated rings. The standard InChI is InChI=1S/C17H23N3/c1-2-20(12-15-7-5-11-18-15)13-16-10-9-14-6-3-4-8-17(14)19-16/h3-4,6,8-10,15,18H,2,5,7,11-13H2,1H3. The van der Waals surface area contributed by atoms with Crippen LogP contribution in [-0.4, -0.2) is 35.6 Å². The summed E-state index contributed by atoms with van der Waals surface area (Å²) in [5, 5.41) is 4.79. The molecule has 1 aliphatic heterocycles. The first-order chi connectivity index (χ1) is 9.85. The van der Waals surface area contributed by atoms with E-state index in [0.29, 0.717) is 6.04 Å². The third kappa shape index (κ3) is 3.17. The number of likely N-dealkylation sites (N-methyl/N-ethyl adjacent to an activating group) is 1. The topological polar surface area (TPSA) is 28.2 Å². The zero-order chi connectivity index (χ0) is 13.8. The van der Waals surface area contributed by atoms with E-state index in [9.17, 15) is 0 Å². The summed E-state index contributed by atoms with van der Waals surface area (Å²) >= 11 is 0. The van der Waals surface area contributed by atoms with Gasteiger partial charge in [-0.15, -0.1) is 0 Å². The molecule has 0 spiro atoms. The van der Waals surface area contributed by atoms with Gasteiger partial charge >= 0.3 is 0 Å². The fraction of sp³-hybridized carbons (Fsp3) is 0.471. The Kier molecular flexibility index (Phi) is 4.28. The minimum absolute atomic E-state index is 0.662. The Morgan fingerprint density at radius 3 is 2.95 bits per heavy atom. The molecule has 1 unspecified atom stereocenters. The van der Waals surface area contributed by atoms with Crippen molar-refractivity contribution in [1.82, 2.24) is 15.2 Å². The van der Waals surface area contributed by atoms with E-state index >= 15 is 0 Å². The van der Waals surface area contributed by atoms with Crippen LogP contribution in [0.25, 0.3) is 10.9 Å². The van der Waals surface area contributed by atoms with Gasteiger partial charge in [-0.3, -0.25) is 9.88 Å². The van der Waals surface area contributed by atoms with E-state index in [1.807, 2.05) is 0 Å². The third-order valence-corrected chi connectivity index (χ3v) is 4.13. The van der Waals surface area contributed by atoms with Crippen molar-refractivity contribution in [2.75, 3.05) is 19.6 Å². The van der Waals surface area contributed by atoms with Crippen LogP contribution in [0.3, 0.4) is 0 Å². The summed E-state index contributed by atoms with van der Waals surface area (Å²) in [4.78, 5) is 7.26. The number of nitrogens with one attached hydrogen (secondary N) is 1. The molecule has 1 saturated heterocycles. The van der Waals surface area contributed by atoms with Crippen LogP contribution in [0.1, 0.15) is 25.5 Å². The summed E-state index contributed by atoms with van der Waals surface area (Å²) < 4.78 is 0. The summed E-state index contributed by atoms with van der Waals surface area (Å²) in [7, 11) is 0. The molecule has 2 heterocycles. The number of rotatable bonds is 5. The average molecular weight is 269 g/mol. The first-order valence-electron chi connectivity index (χ1n) is 7.65. The zero-order valence-corrected chi connectivity index (χ0v) is 12.2. The first kappa shape index (κ1) is 13.5. The Balaban J connectivity index is 1.69. The lowest BCUT2D eigenvalue weighted by Crippen LogP contribution is -2.37. The Labute approximate surface area is 121 Å². The molecule has 2 aromatic rings. The maximum absolute atomic E-state index is 4.78. The minimum atomic E-state index is 0.662. The molecule has 1 N–H and O–H groups in total. The second kappa shape index (κ2) is 6.33. The quantitative estimate of drug-likeness (QED) is 0.904. The zero-order valence-electron chi connectivity index (χ0n) is 12.2. The summed E-state index contributed by atoms with van der Waals surface area (Å²) in [6, 6.07) is 13.3. The number of pyridine rings is 1. The highest BCUT2D eigenvalue weighted by molar-refractivity contribution is 5.78. The number of aromatic nitrogens is 1. The average Bonchev–Trinajstić information content (AvgIpc) is 2.99. The highest BCUT2D eigenvalue weighted by Gasteiger charge is 2.17. The van der Waals surface area contributed by atoms with E-state index < -0.39 is 0 Å². The minimum Gasteiger partial charge on any atom is -0.313 e. The van der Waals surface area contributed by atoms with Crippen molar-refractivity contribution in [1.29, 1.82) is 0 Å². The molecule has 3 nitrogen and oxygen atoms in total. The van der Waals surface area contributed by atoms with Crippen molar-refractivity contribution in [2.45, 2.75) is 32.4 Å². The number of benzene rings is 1. The maximum atomic E-state index is 4.78. The Morgan fingerprint density at radius 2 is 2.15 bits per heavy atom. The molecule has 3 heteroatoms. The number of hydrogen-bond donors (Lipinski definition) is 1. The van der Waals surface area contributed by atoms with Gasteiger partial charge in [0.05, 0.1) is 11.2 Å². The number of hydrogen-bond acceptors (Lipinski definition) is 3. The maximum Gasteiger partial charge on any atom is 0.0705 e. The van der Waals surface area contributed by atoms with Gasteiger partial charge in [-0.25, -0.2) is 0 Å². The third-order valence-electron chi connectivity index (χ3n) is 4.13.